The van der Waals surface area contributed by atoms with E-state index < -0.39 is 12.4 Å². The molecule has 0 atom stereocenters. The number of ether oxygens (including phenoxy) is 1. The third-order valence-corrected chi connectivity index (χ3v) is 2.87. The van der Waals surface area contributed by atoms with Crippen LogP contribution in [-0.2, 0) is 16.0 Å². The molecule has 6 heteroatoms. The Morgan fingerprint density at radius 3 is 2.69 bits per heavy atom. The van der Waals surface area contributed by atoms with Gasteiger partial charge >= 0.3 is 5.97 Å². The summed E-state index contributed by atoms with van der Waals surface area (Å²) in [6, 6.07) is 1.49. The standard InChI is InChI=1S/C10H10F2INO2/c1-5-3-6(4-7(15)16-2)14-10(13)8(5)9(11)12/h3,9H,4H2,1-2H3. The fourth-order valence-corrected chi connectivity index (χ4v) is 2.25. The first kappa shape index (κ1) is 13.3. The van der Waals surface area contributed by atoms with Crippen LogP contribution < -0.4 is 0 Å². The highest BCUT2D eigenvalue weighted by Gasteiger charge is 2.17. The van der Waals surface area contributed by atoms with Crippen LogP contribution in [0.15, 0.2) is 6.07 Å². The number of carbonyl (C=O) groups excluding carboxylic acids is 1. The number of hydrogen-bond donors (Lipinski definition) is 0. The smallest absolute Gasteiger partial charge is 0.311 e. The van der Waals surface area contributed by atoms with Crippen LogP contribution >= 0.6 is 22.6 Å². The summed E-state index contributed by atoms with van der Waals surface area (Å²) in [5.74, 6) is -0.438. The highest BCUT2D eigenvalue weighted by atomic mass is 127. The van der Waals surface area contributed by atoms with Crippen molar-refractivity contribution in [1.82, 2.24) is 4.98 Å². The fraction of sp³-hybridized carbons (Fsp3) is 0.400. The molecule has 1 heterocycles. The molecule has 3 nitrogen and oxygen atoms in total. The highest BCUT2D eigenvalue weighted by Crippen LogP contribution is 2.27. The molecule has 1 aromatic heterocycles. The Kier molecular flexibility index (Phi) is 4.57. The maximum atomic E-state index is 12.6. The summed E-state index contributed by atoms with van der Waals surface area (Å²) in [6.45, 7) is 1.58. The molecule has 0 spiro atoms. The van der Waals surface area contributed by atoms with Crippen LogP contribution in [0.1, 0.15) is 23.2 Å². The minimum absolute atomic E-state index is 0.00312. The first-order chi connectivity index (χ1) is 7.45. The molecule has 0 saturated carbocycles. The molecule has 0 amide bonds. The molecular weight excluding hydrogens is 331 g/mol. The summed E-state index contributed by atoms with van der Waals surface area (Å²) in [6.07, 6.45) is -2.55. The molecule has 0 aliphatic carbocycles. The zero-order chi connectivity index (χ0) is 12.3. The van der Waals surface area contributed by atoms with E-state index in [9.17, 15) is 13.6 Å². The van der Waals surface area contributed by atoms with Crippen molar-refractivity contribution in [3.8, 4) is 0 Å². The van der Waals surface area contributed by atoms with E-state index in [1.54, 1.807) is 29.5 Å². The van der Waals surface area contributed by atoms with Crippen molar-refractivity contribution in [2.45, 2.75) is 19.8 Å². The second-order valence-corrected chi connectivity index (χ2v) is 4.21. The summed E-state index contributed by atoms with van der Waals surface area (Å²) in [5.41, 5.74) is 0.806. The maximum absolute atomic E-state index is 12.6. The number of methoxy groups -OCH3 is 1. The van der Waals surface area contributed by atoms with Crippen LogP contribution in [0.5, 0.6) is 0 Å². The number of hydrogen-bond acceptors (Lipinski definition) is 3. The van der Waals surface area contributed by atoms with E-state index >= 15 is 0 Å². The molecule has 0 N–H and O–H groups in total. The fourth-order valence-electron chi connectivity index (χ4n) is 1.28. The second kappa shape index (κ2) is 5.51. The Balaban J connectivity index is 3.05. The number of nitrogens with zero attached hydrogens (tertiary/aromatic N) is 1. The predicted molar refractivity (Wildman–Crippen MR) is 62.4 cm³/mol. The lowest BCUT2D eigenvalue weighted by Gasteiger charge is -2.09. The van der Waals surface area contributed by atoms with E-state index in [0.717, 1.165) is 0 Å². The van der Waals surface area contributed by atoms with E-state index in [4.69, 9.17) is 0 Å². The van der Waals surface area contributed by atoms with Gasteiger partial charge in [0.15, 0.2) is 0 Å². The molecule has 0 bridgehead atoms. The molecule has 88 valence electrons. The number of aromatic nitrogens is 1. The molecule has 0 unspecified atom stereocenters. The normalized spacial score (nSPS) is 10.6. The molecule has 0 aliphatic rings. The van der Waals surface area contributed by atoms with Gasteiger partial charge in [0.25, 0.3) is 6.43 Å². The van der Waals surface area contributed by atoms with Gasteiger partial charge in [0, 0.05) is 0 Å². The minimum atomic E-state index is -2.55. The van der Waals surface area contributed by atoms with Gasteiger partial charge in [-0.2, -0.15) is 0 Å². The van der Waals surface area contributed by atoms with Gasteiger partial charge in [0.2, 0.25) is 0 Å². The Bertz CT molecular complexity index is 387. The zero-order valence-corrected chi connectivity index (χ0v) is 10.9. The van der Waals surface area contributed by atoms with Crippen LogP contribution in [0.2, 0.25) is 0 Å². The first-order valence-electron chi connectivity index (χ1n) is 4.46. The van der Waals surface area contributed by atoms with Crippen LogP contribution in [0, 0.1) is 10.6 Å². The Hall–Kier alpha value is -0.790. The number of halogens is 3. The Morgan fingerprint density at radius 2 is 2.25 bits per heavy atom. The number of rotatable bonds is 3. The van der Waals surface area contributed by atoms with Crippen LogP contribution in [0.4, 0.5) is 8.78 Å². The summed E-state index contributed by atoms with van der Waals surface area (Å²) in [4.78, 5) is 15.0. The second-order valence-electron chi connectivity index (χ2n) is 3.19. The third-order valence-electron chi connectivity index (χ3n) is 2.04. The lowest BCUT2D eigenvalue weighted by atomic mass is 10.1. The molecule has 0 aromatic carbocycles. The van der Waals surface area contributed by atoms with Gasteiger partial charge in [-0.25, -0.2) is 13.8 Å². The molecule has 16 heavy (non-hydrogen) atoms. The highest BCUT2D eigenvalue weighted by molar-refractivity contribution is 14.1. The van der Waals surface area contributed by atoms with Crippen LogP contribution in [0.25, 0.3) is 0 Å². The zero-order valence-electron chi connectivity index (χ0n) is 8.76. The van der Waals surface area contributed by atoms with Crippen molar-refractivity contribution in [2.24, 2.45) is 0 Å². The van der Waals surface area contributed by atoms with E-state index in [0.29, 0.717) is 11.3 Å². The van der Waals surface area contributed by atoms with Gasteiger partial charge in [-0.1, -0.05) is 0 Å². The van der Waals surface area contributed by atoms with Crippen molar-refractivity contribution in [3.63, 3.8) is 0 Å². The van der Waals surface area contributed by atoms with Crippen LogP contribution in [0.3, 0.4) is 0 Å². The van der Waals surface area contributed by atoms with Gasteiger partial charge in [0.05, 0.1) is 24.8 Å². The predicted octanol–water partition coefficient (Wildman–Crippen LogP) is 2.65. The summed E-state index contributed by atoms with van der Waals surface area (Å²) < 4.78 is 29.9. The van der Waals surface area contributed by atoms with Crippen molar-refractivity contribution in [3.05, 3.63) is 26.6 Å². The van der Waals surface area contributed by atoms with E-state index in [1.807, 2.05) is 0 Å². The molecule has 1 aromatic rings. The number of aryl methyl sites for hydroxylation is 1. The first-order valence-corrected chi connectivity index (χ1v) is 5.54. The molecule has 1 rings (SSSR count). The Labute approximate surface area is 105 Å². The number of esters is 1. The summed E-state index contributed by atoms with van der Waals surface area (Å²) >= 11 is 1.74. The SMILES string of the molecule is COC(=O)Cc1cc(C)c(C(F)F)c(I)n1. The minimum Gasteiger partial charge on any atom is -0.469 e. The summed E-state index contributed by atoms with van der Waals surface area (Å²) in [5, 5.41) is 0. The van der Waals surface area contributed by atoms with Crippen molar-refractivity contribution in [2.75, 3.05) is 7.11 Å². The summed E-state index contributed by atoms with van der Waals surface area (Å²) in [7, 11) is 1.27. The van der Waals surface area contributed by atoms with Crippen molar-refractivity contribution >= 4 is 28.6 Å². The number of carbonyl (C=O) groups is 1. The maximum Gasteiger partial charge on any atom is 0.311 e. The Morgan fingerprint density at radius 1 is 1.62 bits per heavy atom. The lowest BCUT2D eigenvalue weighted by Crippen LogP contribution is -2.09. The topological polar surface area (TPSA) is 39.2 Å². The third kappa shape index (κ3) is 3.10. The number of pyridine rings is 1. The van der Waals surface area contributed by atoms with E-state index in [-0.39, 0.29) is 15.7 Å². The van der Waals surface area contributed by atoms with Crippen LogP contribution in [-0.4, -0.2) is 18.1 Å². The molecule has 0 radical (unpaired) electrons. The molecular formula is C10H10F2INO2. The van der Waals surface area contributed by atoms with Crippen molar-refractivity contribution in [1.29, 1.82) is 0 Å². The average Bonchev–Trinajstić information content (AvgIpc) is 2.15. The average molecular weight is 341 g/mol. The lowest BCUT2D eigenvalue weighted by molar-refractivity contribution is -0.139. The number of alkyl halides is 2. The largest absolute Gasteiger partial charge is 0.469 e. The molecule has 0 saturated heterocycles. The quantitative estimate of drug-likeness (QED) is 0.482. The van der Waals surface area contributed by atoms with Gasteiger partial charge < -0.3 is 4.74 Å². The van der Waals surface area contributed by atoms with Gasteiger partial charge in [-0.3, -0.25) is 4.79 Å². The van der Waals surface area contributed by atoms with E-state index in [1.165, 1.54) is 13.2 Å². The molecule has 0 fully saturated rings. The van der Waals surface area contributed by atoms with Crippen molar-refractivity contribution < 1.29 is 18.3 Å². The van der Waals surface area contributed by atoms with Gasteiger partial charge in [0.1, 0.15) is 3.70 Å². The monoisotopic (exact) mass is 341 g/mol. The molecule has 0 aliphatic heterocycles. The van der Waals surface area contributed by atoms with Gasteiger partial charge in [-0.15, -0.1) is 0 Å². The van der Waals surface area contributed by atoms with E-state index in [2.05, 4.69) is 9.72 Å². The van der Waals surface area contributed by atoms with Gasteiger partial charge in [-0.05, 0) is 41.1 Å².